The molecule has 0 spiro atoms. The summed E-state index contributed by atoms with van der Waals surface area (Å²) >= 11 is 6.50. The zero-order valence-electron chi connectivity index (χ0n) is 2.53. The molecule has 0 aliphatic rings. The third-order valence-corrected chi connectivity index (χ3v) is 541. The van der Waals surface area contributed by atoms with Gasteiger partial charge in [-0.1, -0.05) is 0 Å². The fourth-order valence-electron chi connectivity index (χ4n) is 0.0260. The van der Waals surface area contributed by atoms with Crippen molar-refractivity contribution in [1.82, 2.24) is 0 Å². The Kier molecular flexibility index (Phi) is 19.7. The van der Waals surface area contributed by atoms with Crippen LogP contribution >= 0.6 is 0 Å². The van der Waals surface area contributed by atoms with E-state index in [9.17, 15) is 0 Å². The second-order valence-electron chi connectivity index (χ2n) is 0.292. The average Bonchev–Trinajstić information content (AvgIpc) is 1.61. The molecule has 6 heavy (non-hydrogen) atoms. The van der Waals surface area contributed by atoms with E-state index in [2.05, 4.69) is 19.5 Å². The molecule has 0 aliphatic heterocycles. The molecule has 0 aliphatic carbocycles. The number of hydrogen-bond donors (Lipinski definition) is 0. The van der Waals surface area contributed by atoms with E-state index in [1.807, 2.05) is 20.1 Å². The van der Waals surface area contributed by atoms with Crippen molar-refractivity contribution in [2.24, 2.45) is 0 Å². The molecule has 0 atom stereocenters. The zero-order chi connectivity index (χ0) is 4.83. The zero-order valence-corrected chi connectivity index (χ0v) is 22.2. The molecule has 0 heterocycles. The molecular formula is H2Po6. The molecule has 0 radical (unpaired) electrons. The molecule has 0 N–H and O–H groups in total. The van der Waals surface area contributed by atoms with Gasteiger partial charge in [0.15, 0.2) is 0 Å². The summed E-state index contributed by atoms with van der Waals surface area (Å²) in [5.41, 5.74) is 0. The van der Waals surface area contributed by atoms with Gasteiger partial charge in [-0.3, -0.25) is 0 Å². The fourth-order valence-corrected chi connectivity index (χ4v) is 1350. The van der Waals surface area contributed by atoms with Crippen molar-refractivity contribution >= 4 is 93.8 Å². The van der Waals surface area contributed by atoms with E-state index in [0.29, 0.717) is 54.2 Å². The van der Waals surface area contributed by atoms with Gasteiger partial charge in [-0.15, -0.1) is 0 Å². The summed E-state index contributed by atoms with van der Waals surface area (Å²) in [5, 5.41) is 0. The second kappa shape index (κ2) is 10.4. The van der Waals surface area contributed by atoms with Crippen LogP contribution in [0, 0.1) is 0 Å². The Hall–Kier alpha value is 5.38. The van der Waals surface area contributed by atoms with Crippen LogP contribution in [0.3, 0.4) is 0 Å². The first-order chi connectivity index (χ1) is 2.91. The van der Waals surface area contributed by atoms with Crippen LogP contribution in [0.15, 0.2) is 0 Å². The minimum atomic E-state index is 0.501. The molecular weight excluding hydrogens is 1250 g/mol. The topological polar surface area (TPSA) is 0 Å². The van der Waals surface area contributed by atoms with Crippen LogP contribution in [-0.4, -0.2) is 93.8 Å². The van der Waals surface area contributed by atoms with Crippen LogP contribution in [0.2, 0.25) is 0 Å². The molecule has 0 aromatic carbocycles. The van der Waals surface area contributed by atoms with Crippen LogP contribution in [0.25, 0.3) is 0 Å². The van der Waals surface area contributed by atoms with Crippen molar-refractivity contribution in [2.45, 2.75) is 0 Å². The van der Waals surface area contributed by atoms with Gasteiger partial charge in [0.05, 0.1) is 0 Å². The van der Waals surface area contributed by atoms with E-state index in [0.717, 1.165) is 0 Å². The van der Waals surface area contributed by atoms with Crippen LogP contribution in [-0.2, 0) is 0 Å². The summed E-state index contributed by atoms with van der Waals surface area (Å²) in [4.78, 5) is 0. The van der Waals surface area contributed by atoms with Gasteiger partial charge in [0, 0.05) is 0 Å². The summed E-state index contributed by atoms with van der Waals surface area (Å²) < 4.78 is 0. The molecule has 0 saturated heterocycles. The molecule has 6 heteroatoms. The minimum absolute atomic E-state index is 0.501. The van der Waals surface area contributed by atoms with E-state index in [1.54, 1.807) is 0 Å². The van der Waals surface area contributed by atoms with Gasteiger partial charge in [-0.2, -0.15) is 0 Å². The van der Waals surface area contributed by atoms with E-state index >= 15 is 0 Å². The summed E-state index contributed by atoms with van der Waals surface area (Å²) in [5.74, 6) is 0. The standard InChI is InChI=1S/6Po.2H. The van der Waals surface area contributed by atoms with Crippen molar-refractivity contribution in [1.29, 1.82) is 0 Å². The summed E-state index contributed by atoms with van der Waals surface area (Å²) in [6, 6.07) is 0. The number of hydrogen-bond acceptors (Lipinski definition) is 0. The van der Waals surface area contributed by atoms with Crippen molar-refractivity contribution in [3.8, 4) is 0 Å². The van der Waals surface area contributed by atoms with Crippen LogP contribution in [0.4, 0.5) is 0 Å². The van der Waals surface area contributed by atoms with Gasteiger partial charge in [0.2, 0.25) is 0 Å². The molecule has 0 bridgehead atoms. The Balaban J connectivity index is 2.49. The summed E-state index contributed by atoms with van der Waals surface area (Å²) in [6.07, 6.45) is 0. The third-order valence-electron chi connectivity index (χ3n) is 0.0913. The van der Waals surface area contributed by atoms with Crippen molar-refractivity contribution < 1.29 is 0 Å². The number of rotatable bonds is 3. The van der Waals surface area contributed by atoms with Gasteiger partial charge in [-0.05, 0) is 0 Å². The van der Waals surface area contributed by atoms with Crippen LogP contribution in [0.5, 0.6) is 0 Å². The van der Waals surface area contributed by atoms with Gasteiger partial charge in [-0.25, -0.2) is 0 Å². The predicted octanol–water partition coefficient (Wildman–Crippen LogP) is -2.82. The third kappa shape index (κ3) is 9.38. The summed E-state index contributed by atoms with van der Waals surface area (Å²) in [7, 11) is 0. The summed E-state index contributed by atoms with van der Waals surface area (Å²) in [6.45, 7) is 0. The van der Waals surface area contributed by atoms with Crippen LogP contribution in [0.1, 0.15) is 0 Å². The Morgan fingerprint density at radius 1 is 1.67 bits per heavy atom. The van der Waals surface area contributed by atoms with Crippen molar-refractivity contribution in [3.05, 3.63) is 0 Å². The predicted molar refractivity (Wildman–Crippen MR) is 37.3 cm³/mol. The average molecular weight is 1260 g/mol. The van der Waals surface area contributed by atoms with Gasteiger partial charge in [0.1, 0.15) is 0 Å². The van der Waals surface area contributed by atoms with Gasteiger partial charge in [0.25, 0.3) is 0 Å². The monoisotopic (exact) mass is 1260 g/mol. The van der Waals surface area contributed by atoms with Crippen molar-refractivity contribution in [3.63, 3.8) is 0 Å². The van der Waals surface area contributed by atoms with E-state index in [-0.39, 0.29) is 0 Å². The Bertz CT molecular complexity index is 29.0. The molecule has 0 aromatic heterocycles. The molecule has 38 valence electrons. The normalized spacial score (nSPS) is 8.83. The second-order valence-corrected chi connectivity index (χ2v) is 197. The van der Waals surface area contributed by atoms with E-state index in [4.69, 9.17) is 0 Å². The molecule has 0 amide bonds. The van der Waals surface area contributed by atoms with Crippen molar-refractivity contribution in [2.75, 3.05) is 0 Å². The first kappa shape index (κ1) is 11.4. The Morgan fingerprint density at radius 2 is 2.33 bits per heavy atom. The molecule has 0 fully saturated rings. The maximum absolute atomic E-state index is 2.07. The molecule has 0 saturated carbocycles. The first-order valence-corrected chi connectivity index (χ1v) is 67.8. The van der Waals surface area contributed by atoms with Gasteiger partial charge >= 0.3 is 93.8 Å². The Morgan fingerprint density at radius 3 is 2.50 bits per heavy atom. The van der Waals surface area contributed by atoms with Crippen LogP contribution < -0.4 is 0 Å². The van der Waals surface area contributed by atoms with Gasteiger partial charge < -0.3 is 0 Å². The fraction of sp³-hybridized carbons (Fsp3) is 0. The molecule has 0 unspecified atom stereocenters. The Labute approximate surface area is 89.3 Å². The molecule has 0 aromatic rings. The molecule has 0 rings (SSSR count). The first-order valence-electron chi connectivity index (χ1n) is 0.881. The van der Waals surface area contributed by atoms with E-state index in [1.165, 1.54) is 0 Å². The SMILES string of the molecule is [Po]=[PoH][Po][Po][Po][PoH]. The van der Waals surface area contributed by atoms with E-state index < -0.39 is 0 Å². The molecule has 0 nitrogen and oxygen atoms in total. The quantitative estimate of drug-likeness (QED) is 0.268. The maximum atomic E-state index is 2.07.